The molecule has 4 heteroatoms. The third-order valence-electron chi connectivity index (χ3n) is 2.91. The number of halogens is 1. The minimum atomic E-state index is -0.319. The molecule has 0 spiro atoms. The van der Waals surface area contributed by atoms with Crippen molar-refractivity contribution in [1.29, 1.82) is 0 Å². The molecule has 2 heterocycles. The molecule has 0 aliphatic carbocycles. The molecule has 0 bridgehead atoms. The molecule has 0 saturated heterocycles. The van der Waals surface area contributed by atoms with Gasteiger partial charge in [-0.05, 0) is 43.7 Å². The summed E-state index contributed by atoms with van der Waals surface area (Å²) in [7, 11) is 0. The Morgan fingerprint density at radius 3 is 2.58 bits per heavy atom. The van der Waals surface area contributed by atoms with Gasteiger partial charge < -0.3 is 5.32 Å². The van der Waals surface area contributed by atoms with E-state index in [1.165, 1.54) is 12.3 Å². The van der Waals surface area contributed by atoms with Crippen LogP contribution in [-0.4, -0.2) is 16.5 Å². The summed E-state index contributed by atoms with van der Waals surface area (Å²) in [6.45, 7) is 4.93. The minimum absolute atomic E-state index is 0.0475. The summed E-state index contributed by atoms with van der Waals surface area (Å²) in [5, 5.41) is 3.42. The van der Waals surface area contributed by atoms with Crippen molar-refractivity contribution >= 4 is 0 Å². The third-order valence-corrected chi connectivity index (χ3v) is 2.91. The van der Waals surface area contributed by atoms with Crippen molar-refractivity contribution in [2.45, 2.75) is 26.3 Å². The second-order valence-electron chi connectivity index (χ2n) is 4.52. The Kier molecular flexibility index (Phi) is 4.58. The lowest BCUT2D eigenvalue weighted by Crippen LogP contribution is -2.24. The van der Waals surface area contributed by atoms with Gasteiger partial charge in [-0.25, -0.2) is 4.39 Å². The summed E-state index contributed by atoms with van der Waals surface area (Å²) in [5.41, 5.74) is 2.82. The molecule has 0 amide bonds. The highest BCUT2D eigenvalue weighted by molar-refractivity contribution is 5.26. The topological polar surface area (TPSA) is 37.8 Å². The molecule has 0 radical (unpaired) electrons. The van der Waals surface area contributed by atoms with Crippen molar-refractivity contribution in [2.24, 2.45) is 0 Å². The minimum Gasteiger partial charge on any atom is -0.305 e. The van der Waals surface area contributed by atoms with Crippen molar-refractivity contribution in [3.05, 3.63) is 59.4 Å². The van der Waals surface area contributed by atoms with Crippen LogP contribution < -0.4 is 5.32 Å². The first-order valence-corrected chi connectivity index (χ1v) is 6.48. The first kappa shape index (κ1) is 13.6. The maximum atomic E-state index is 13.0. The number of nitrogens with zero attached hydrogens (tertiary/aromatic N) is 2. The zero-order valence-corrected chi connectivity index (χ0v) is 11.2. The van der Waals surface area contributed by atoms with Crippen LogP contribution in [0.2, 0.25) is 0 Å². The van der Waals surface area contributed by atoms with E-state index in [9.17, 15) is 4.39 Å². The van der Waals surface area contributed by atoms with E-state index in [0.717, 1.165) is 29.9 Å². The number of aromatic nitrogens is 2. The third kappa shape index (κ3) is 3.58. The number of hydrogen-bond donors (Lipinski definition) is 1. The monoisotopic (exact) mass is 259 g/mol. The van der Waals surface area contributed by atoms with Gasteiger partial charge in [0.15, 0.2) is 0 Å². The Bertz CT molecular complexity index is 462. The molecule has 0 saturated carbocycles. The molecule has 19 heavy (non-hydrogen) atoms. The fraction of sp³-hybridized carbons (Fsp3) is 0.333. The first-order chi connectivity index (χ1) is 9.20. The van der Waals surface area contributed by atoms with Crippen molar-refractivity contribution < 1.29 is 4.39 Å². The second kappa shape index (κ2) is 6.38. The van der Waals surface area contributed by atoms with Crippen LogP contribution >= 0.6 is 0 Å². The molecule has 0 fully saturated rings. The summed E-state index contributed by atoms with van der Waals surface area (Å²) in [6, 6.07) is 7.10. The molecule has 0 aliphatic heterocycles. The highest BCUT2D eigenvalue weighted by atomic mass is 19.1. The van der Waals surface area contributed by atoms with Crippen molar-refractivity contribution in [2.75, 3.05) is 6.54 Å². The first-order valence-electron chi connectivity index (χ1n) is 6.48. The Morgan fingerprint density at radius 1 is 1.16 bits per heavy atom. The molecule has 1 unspecified atom stereocenters. The predicted octanol–water partition coefficient (Wildman–Crippen LogP) is 3.01. The van der Waals surface area contributed by atoms with Gasteiger partial charge in [0.1, 0.15) is 5.82 Å². The van der Waals surface area contributed by atoms with Crippen LogP contribution in [0.1, 0.15) is 36.3 Å². The van der Waals surface area contributed by atoms with Gasteiger partial charge in [-0.15, -0.1) is 0 Å². The quantitative estimate of drug-likeness (QED) is 0.897. The van der Waals surface area contributed by atoms with Gasteiger partial charge in [0.25, 0.3) is 0 Å². The molecule has 2 aromatic rings. The molecule has 0 aromatic carbocycles. The van der Waals surface area contributed by atoms with E-state index in [-0.39, 0.29) is 11.9 Å². The van der Waals surface area contributed by atoms with Gasteiger partial charge in [-0.3, -0.25) is 9.97 Å². The average molecular weight is 259 g/mol. The van der Waals surface area contributed by atoms with Gasteiger partial charge in [0.05, 0.1) is 17.9 Å². The van der Waals surface area contributed by atoms with E-state index < -0.39 is 0 Å². The molecule has 0 aliphatic rings. The molecule has 3 nitrogen and oxygen atoms in total. The van der Waals surface area contributed by atoms with Crippen molar-refractivity contribution in [3.8, 4) is 0 Å². The van der Waals surface area contributed by atoms with E-state index in [2.05, 4.69) is 22.2 Å². The summed E-state index contributed by atoms with van der Waals surface area (Å²) in [4.78, 5) is 8.47. The highest BCUT2D eigenvalue weighted by Gasteiger charge is 2.14. The predicted molar refractivity (Wildman–Crippen MR) is 73.3 cm³/mol. The van der Waals surface area contributed by atoms with E-state index >= 15 is 0 Å². The highest BCUT2D eigenvalue weighted by Crippen LogP contribution is 2.20. The Balaban J connectivity index is 2.29. The van der Waals surface area contributed by atoms with Crippen LogP contribution in [0.5, 0.6) is 0 Å². The van der Waals surface area contributed by atoms with Gasteiger partial charge in [-0.2, -0.15) is 0 Å². The Hall–Kier alpha value is -1.81. The van der Waals surface area contributed by atoms with Crippen LogP contribution in [0.25, 0.3) is 0 Å². The van der Waals surface area contributed by atoms with Crippen LogP contribution in [0.15, 0.2) is 36.7 Å². The second-order valence-corrected chi connectivity index (χ2v) is 4.52. The standard InChI is InChI=1S/C15H18FN3/c1-3-8-17-15(12-5-4-11(2)18-9-12)14-7-6-13(16)10-19-14/h4-7,9-10,15,17H,3,8H2,1-2H3. The lowest BCUT2D eigenvalue weighted by molar-refractivity contribution is 0.575. The van der Waals surface area contributed by atoms with E-state index in [1.54, 1.807) is 6.07 Å². The summed E-state index contributed by atoms with van der Waals surface area (Å²) in [5.74, 6) is -0.319. The number of nitrogens with one attached hydrogen (secondary N) is 1. The lowest BCUT2D eigenvalue weighted by Gasteiger charge is -2.18. The maximum Gasteiger partial charge on any atom is 0.141 e. The Morgan fingerprint density at radius 2 is 2.00 bits per heavy atom. The van der Waals surface area contributed by atoms with E-state index in [1.807, 2.05) is 25.3 Å². The average Bonchev–Trinajstić information content (AvgIpc) is 2.43. The SMILES string of the molecule is CCCNC(c1ccc(C)nc1)c1ccc(F)cn1. The van der Waals surface area contributed by atoms with Crippen LogP contribution in [0, 0.1) is 12.7 Å². The number of pyridine rings is 2. The zero-order valence-electron chi connectivity index (χ0n) is 11.2. The maximum absolute atomic E-state index is 13.0. The molecule has 2 aromatic heterocycles. The van der Waals surface area contributed by atoms with E-state index in [0.29, 0.717) is 0 Å². The summed E-state index contributed by atoms with van der Waals surface area (Å²) < 4.78 is 13.0. The molecule has 2 rings (SSSR count). The summed E-state index contributed by atoms with van der Waals surface area (Å²) >= 11 is 0. The van der Waals surface area contributed by atoms with Crippen LogP contribution in [0.4, 0.5) is 4.39 Å². The van der Waals surface area contributed by atoms with Gasteiger partial charge in [0, 0.05) is 11.9 Å². The Labute approximate surface area is 112 Å². The molecule has 100 valence electrons. The van der Waals surface area contributed by atoms with Crippen molar-refractivity contribution in [1.82, 2.24) is 15.3 Å². The van der Waals surface area contributed by atoms with Gasteiger partial charge in [0.2, 0.25) is 0 Å². The number of hydrogen-bond acceptors (Lipinski definition) is 3. The van der Waals surface area contributed by atoms with Crippen LogP contribution in [0.3, 0.4) is 0 Å². The molecule has 1 N–H and O–H groups in total. The van der Waals surface area contributed by atoms with Crippen LogP contribution in [-0.2, 0) is 0 Å². The molecule has 1 atom stereocenters. The molecular formula is C15H18FN3. The van der Waals surface area contributed by atoms with Gasteiger partial charge >= 0.3 is 0 Å². The number of aryl methyl sites for hydroxylation is 1. The summed E-state index contributed by atoms with van der Waals surface area (Å²) in [6.07, 6.45) is 4.11. The molecular weight excluding hydrogens is 241 g/mol. The van der Waals surface area contributed by atoms with E-state index in [4.69, 9.17) is 0 Å². The number of rotatable bonds is 5. The lowest BCUT2D eigenvalue weighted by atomic mass is 10.0. The smallest absolute Gasteiger partial charge is 0.141 e. The fourth-order valence-corrected chi connectivity index (χ4v) is 1.89. The fourth-order valence-electron chi connectivity index (χ4n) is 1.89. The normalized spacial score (nSPS) is 12.4. The zero-order chi connectivity index (χ0) is 13.7. The largest absolute Gasteiger partial charge is 0.305 e. The van der Waals surface area contributed by atoms with Crippen molar-refractivity contribution in [3.63, 3.8) is 0 Å². The van der Waals surface area contributed by atoms with Gasteiger partial charge in [-0.1, -0.05) is 13.0 Å².